The van der Waals surface area contributed by atoms with Gasteiger partial charge < -0.3 is 9.47 Å². The molecule has 0 fully saturated rings. The smallest absolute Gasteiger partial charge is 0.343 e. The van der Waals surface area contributed by atoms with Gasteiger partial charge in [0.15, 0.2) is 11.5 Å². The highest BCUT2D eigenvalue weighted by atomic mass is 16.6. The Morgan fingerprint density at radius 1 is 0.964 bits per heavy atom. The number of aryl methyl sites for hydroxylation is 2. The van der Waals surface area contributed by atoms with E-state index in [4.69, 9.17) is 9.47 Å². The highest BCUT2D eigenvalue weighted by molar-refractivity contribution is 5.91. The highest BCUT2D eigenvalue weighted by Gasteiger charge is 2.13. The van der Waals surface area contributed by atoms with Crippen LogP contribution in [0.3, 0.4) is 0 Å². The summed E-state index contributed by atoms with van der Waals surface area (Å²) in [5, 5.41) is 0. The first kappa shape index (κ1) is 19.4. The summed E-state index contributed by atoms with van der Waals surface area (Å²) in [5.41, 5.74) is 4.50. The number of ether oxygens (including phenoxy) is 2. The number of nitrogens with zero attached hydrogens (tertiary/aromatic N) is 1. The van der Waals surface area contributed by atoms with Crippen molar-refractivity contribution in [1.82, 2.24) is 4.98 Å². The van der Waals surface area contributed by atoms with Gasteiger partial charge in [-0.15, -0.1) is 0 Å². The molecular weight excluding hydrogens is 350 g/mol. The molecule has 0 unspecified atom stereocenters. The molecule has 4 nitrogen and oxygen atoms in total. The number of hydrogen-bond acceptors (Lipinski definition) is 4. The summed E-state index contributed by atoms with van der Waals surface area (Å²) in [7, 11) is 0. The van der Waals surface area contributed by atoms with Crippen molar-refractivity contribution in [2.24, 2.45) is 0 Å². The molecule has 1 heterocycles. The zero-order valence-electron chi connectivity index (χ0n) is 16.3. The molecule has 0 saturated heterocycles. The second-order valence-electron chi connectivity index (χ2n) is 6.42. The zero-order chi connectivity index (χ0) is 19.9. The minimum absolute atomic E-state index is 0.402. The second kappa shape index (κ2) is 9.00. The molecule has 0 aliphatic rings. The molecule has 0 spiro atoms. The third-order valence-corrected chi connectivity index (χ3v) is 4.35. The number of carbonyl (C=O) groups excluding carboxylic acids is 1. The molecular formula is C24H23NO3. The average Bonchev–Trinajstić information content (AvgIpc) is 2.71. The fraction of sp³-hybridized carbons (Fsp3) is 0.167. The lowest BCUT2D eigenvalue weighted by Gasteiger charge is -2.12. The van der Waals surface area contributed by atoms with Crippen LogP contribution >= 0.6 is 0 Å². The van der Waals surface area contributed by atoms with Crippen LogP contribution in [0.5, 0.6) is 11.5 Å². The van der Waals surface area contributed by atoms with Crippen LogP contribution in [-0.2, 0) is 0 Å². The molecule has 28 heavy (non-hydrogen) atoms. The van der Waals surface area contributed by atoms with E-state index in [0.29, 0.717) is 23.7 Å². The summed E-state index contributed by atoms with van der Waals surface area (Å²) in [4.78, 5) is 16.8. The maximum atomic E-state index is 12.5. The van der Waals surface area contributed by atoms with Crippen LogP contribution in [0.2, 0.25) is 0 Å². The Morgan fingerprint density at radius 2 is 1.82 bits per heavy atom. The summed E-state index contributed by atoms with van der Waals surface area (Å²) >= 11 is 0. The summed E-state index contributed by atoms with van der Waals surface area (Å²) in [6.45, 7) is 6.35. The van der Waals surface area contributed by atoms with E-state index in [0.717, 1.165) is 22.4 Å². The Balaban J connectivity index is 1.81. The molecule has 1 aromatic heterocycles. The minimum Gasteiger partial charge on any atom is -0.490 e. The van der Waals surface area contributed by atoms with Crippen molar-refractivity contribution in [2.75, 3.05) is 6.61 Å². The third-order valence-electron chi connectivity index (χ3n) is 4.35. The summed E-state index contributed by atoms with van der Waals surface area (Å²) in [6, 6.07) is 16.8. The van der Waals surface area contributed by atoms with Crippen molar-refractivity contribution in [3.8, 4) is 11.5 Å². The molecule has 0 bridgehead atoms. The molecule has 0 aliphatic heterocycles. The van der Waals surface area contributed by atoms with E-state index in [1.807, 2.05) is 75.4 Å². The fourth-order valence-corrected chi connectivity index (χ4v) is 2.66. The number of hydrogen-bond donors (Lipinski definition) is 0. The maximum Gasteiger partial charge on any atom is 0.343 e. The molecule has 142 valence electrons. The molecule has 4 heteroatoms. The monoisotopic (exact) mass is 373 g/mol. The normalized spacial score (nSPS) is 10.8. The number of pyridine rings is 1. The van der Waals surface area contributed by atoms with Gasteiger partial charge in [-0.05, 0) is 79.9 Å². The van der Waals surface area contributed by atoms with Gasteiger partial charge in [-0.1, -0.05) is 24.3 Å². The van der Waals surface area contributed by atoms with Gasteiger partial charge in [-0.25, -0.2) is 4.79 Å². The van der Waals surface area contributed by atoms with Gasteiger partial charge in [0.25, 0.3) is 0 Å². The van der Waals surface area contributed by atoms with E-state index < -0.39 is 5.97 Å². The molecule has 0 atom stereocenters. The Bertz CT molecular complexity index is 994. The van der Waals surface area contributed by atoms with Crippen molar-refractivity contribution < 1.29 is 14.3 Å². The summed E-state index contributed by atoms with van der Waals surface area (Å²) in [5.74, 6) is 0.531. The SMILES string of the molecule is CCOc1cc(/C=C/c2ccccn2)ccc1OC(=O)c1ccc(C)c(C)c1. The van der Waals surface area contributed by atoms with E-state index >= 15 is 0 Å². The summed E-state index contributed by atoms with van der Waals surface area (Å²) in [6.07, 6.45) is 5.62. The van der Waals surface area contributed by atoms with Crippen LogP contribution in [-0.4, -0.2) is 17.6 Å². The number of aromatic nitrogens is 1. The molecule has 0 saturated carbocycles. The molecule has 2 aromatic carbocycles. The van der Waals surface area contributed by atoms with Crippen LogP contribution in [0.4, 0.5) is 0 Å². The van der Waals surface area contributed by atoms with Crippen molar-refractivity contribution in [2.45, 2.75) is 20.8 Å². The van der Waals surface area contributed by atoms with Crippen LogP contribution in [0, 0.1) is 13.8 Å². The first-order valence-electron chi connectivity index (χ1n) is 9.22. The molecule has 3 aromatic rings. The Morgan fingerprint density at radius 3 is 2.54 bits per heavy atom. The second-order valence-corrected chi connectivity index (χ2v) is 6.42. The minimum atomic E-state index is -0.402. The van der Waals surface area contributed by atoms with Crippen molar-refractivity contribution in [1.29, 1.82) is 0 Å². The largest absolute Gasteiger partial charge is 0.490 e. The standard InChI is InChI=1S/C24H23NO3/c1-4-27-23-16-19(9-12-21-7-5-6-14-25-21)10-13-22(23)28-24(26)20-11-8-17(2)18(3)15-20/h5-16H,4H2,1-3H3/b12-9+. The van der Waals surface area contributed by atoms with Crippen LogP contribution in [0.25, 0.3) is 12.2 Å². The Labute approximate surface area is 165 Å². The van der Waals surface area contributed by atoms with Crippen LogP contribution in [0.1, 0.15) is 39.7 Å². The van der Waals surface area contributed by atoms with E-state index in [-0.39, 0.29) is 0 Å². The van der Waals surface area contributed by atoms with Gasteiger partial charge in [0.1, 0.15) is 0 Å². The van der Waals surface area contributed by atoms with Crippen molar-refractivity contribution in [3.05, 3.63) is 88.7 Å². The maximum absolute atomic E-state index is 12.5. The predicted molar refractivity (Wildman–Crippen MR) is 112 cm³/mol. The van der Waals surface area contributed by atoms with Gasteiger partial charge in [-0.2, -0.15) is 0 Å². The highest BCUT2D eigenvalue weighted by Crippen LogP contribution is 2.30. The molecule has 0 N–H and O–H groups in total. The molecule has 0 aliphatic carbocycles. The first-order valence-corrected chi connectivity index (χ1v) is 9.22. The lowest BCUT2D eigenvalue weighted by Crippen LogP contribution is -2.10. The van der Waals surface area contributed by atoms with Gasteiger partial charge in [0, 0.05) is 6.20 Å². The number of rotatable bonds is 6. The van der Waals surface area contributed by atoms with Crippen molar-refractivity contribution >= 4 is 18.1 Å². The first-order chi connectivity index (χ1) is 13.6. The lowest BCUT2D eigenvalue weighted by atomic mass is 10.1. The third kappa shape index (κ3) is 4.86. The molecule has 0 amide bonds. The van der Waals surface area contributed by atoms with Gasteiger partial charge in [-0.3, -0.25) is 4.98 Å². The predicted octanol–water partition coefficient (Wildman–Crippen LogP) is 5.49. The van der Waals surface area contributed by atoms with Gasteiger partial charge in [0.05, 0.1) is 17.9 Å². The van der Waals surface area contributed by atoms with E-state index in [1.54, 1.807) is 18.3 Å². The molecule has 3 rings (SSSR count). The fourth-order valence-electron chi connectivity index (χ4n) is 2.66. The number of carbonyl (C=O) groups is 1. The Hall–Kier alpha value is -3.40. The van der Waals surface area contributed by atoms with E-state index in [1.165, 1.54) is 0 Å². The molecule has 0 radical (unpaired) electrons. The quantitative estimate of drug-likeness (QED) is 0.424. The van der Waals surface area contributed by atoms with Gasteiger partial charge in [0.2, 0.25) is 0 Å². The van der Waals surface area contributed by atoms with Crippen LogP contribution in [0.15, 0.2) is 60.8 Å². The average molecular weight is 373 g/mol. The topological polar surface area (TPSA) is 48.4 Å². The zero-order valence-corrected chi connectivity index (χ0v) is 16.3. The van der Waals surface area contributed by atoms with Crippen LogP contribution < -0.4 is 9.47 Å². The van der Waals surface area contributed by atoms with E-state index in [9.17, 15) is 4.79 Å². The summed E-state index contributed by atoms with van der Waals surface area (Å²) < 4.78 is 11.3. The number of esters is 1. The Kier molecular flexibility index (Phi) is 6.22. The van der Waals surface area contributed by atoms with E-state index in [2.05, 4.69) is 4.98 Å². The number of benzene rings is 2. The van der Waals surface area contributed by atoms with Crippen molar-refractivity contribution in [3.63, 3.8) is 0 Å². The lowest BCUT2D eigenvalue weighted by molar-refractivity contribution is 0.0728. The van der Waals surface area contributed by atoms with Gasteiger partial charge >= 0.3 is 5.97 Å².